The third-order valence-corrected chi connectivity index (χ3v) is 19.4. The van der Waals surface area contributed by atoms with Crippen LogP contribution < -0.4 is 54.4 Å². The second-order valence-electron chi connectivity index (χ2n) is 29.4. The Morgan fingerprint density at radius 2 is 0.548 bits per heavy atom. The highest BCUT2D eigenvalue weighted by molar-refractivity contribution is 6.07. The van der Waals surface area contributed by atoms with Gasteiger partial charge in [0.15, 0.2) is 0 Å². The van der Waals surface area contributed by atoms with Crippen LogP contribution in [0.25, 0.3) is 66.8 Å². The molecule has 0 bridgehead atoms. The van der Waals surface area contributed by atoms with Crippen LogP contribution >= 0.6 is 0 Å². The number of nitrogens with zero attached hydrogens (tertiary/aromatic N) is 6. The molecule has 0 saturated heterocycles. The summed E-state index contributed by atoms with van der Waals surface area (Å²) in [5.74, 6) is -1.69. The van der Waals surface area contributed by atoms with E-state index in [0.29, 0.717) is 33.4 Å². The summed E-state index contributed by atoms with van der Waals surface area (Å²) in [4.78, 5) is 155. The van der Waals surface area contributed by atoms with Crippen LogP contribution in [0.3, 0.4) is 0 Å². The van der Waals surface area contributed by atoms with Crippen molar-refractivity contribution in [1.82, 2.24) is 49.8 Å². The topological polar surface area (TPSA) is 398 Å². The molecule has 126 heavy (non-hydrogen) atoms. The average molecular weight is 1670 g/mol. The van der Waals surface area contributed by atoms with Gasteiger partial charge in [0.25, 0.3) is 57.3 Å². The number of hydrogen-bond donors (Lipinski definition) is 10. The maximum atomic E-state index is 12.6. The van der Waals surface area contributed by atoms with E-state index in [0.717, 1.165) is 90.7 Å². The fraction of sp³-hybridized carbons (Fsp3) is 0.0800. The van der Waals surface area contributed by atoms with Crippen LogP contribution in [0.5, 0.6) is 0 Å². The highest BCUT2D eigenvalue weighted by Gasteiger charge is 2.19. The number of rotatable bonds is 18. The summed E-state index contributed by atoms with van der Waals surface area (Å²) < 4.78 is 0. The first kappa shape index (κ1) is 88.0. The number of hydrogen-bond acceptors (Lipinski definition) is 16. The number of benzene rings is 6. The van der Waals surface area contributed by atoms with E-state index in [2.05, 4.69) is 104 Å². The van der Waals surface area contributed by atoms with E-state index in [9.17, 15) is 47.9 Å². The minimum atomic E-state index is -0.420. The van der Waals surface area contributed by atoms with Crippen molar-refractivity contribution in [3.8, 4) is 72.8 Å². The van der Waals surface area contributed by atoms with Gasteiger partial charge >= 0.3 is 0 Å². The zero-order valence-electron chi connectivity index (χ0n) is 68.9. The number of amides is 5. The summed E-state index contributed by atoms with van der Waals surface area (Å²) >= 11 is 0. The number of aromatic nitrogens is 10. The largest absolute Gasteiger partial charge is 0.327 e. The zero-order chi connectivity index (χ0) is 88.9. The molecule has 16 aromatic rings. The first-order valence-electron chi connectivity index (χ1n) is 39.7. The number of aromatic amines is 5. The summed E-state index contributed by atoms with van der Waals surface area (Å²) in [5.41, 5.74) is 16.0. The molecule has 0 saturated carbocycles. The lowest BCUT2D eigenvalue weighted by Gasteiger charge is -2.19. The molecule has 5 amide bonds. The summed E-state index contributed by atoms with van der Waals surface area (Å²) in [6.45, 7) is 10.4. The number of nitrogens with one attached hydrogen (secondary N) is 10. The van der Waals surface area contributed by atoms with Crippen LogP contribution in [-0.4, -0.2) is 79.4 Å². The third kappa shape index (κ3) is 24.5. The van der Waals surface area contributed by atoms with Gasteiger partial charge < -0.3 is 51.5 Å². The number of nitriles is 1. The Labute approximate surface area is 722 Å². The van der Waals surface area contributed by atoms with Gasteiger partial charge in [0.1, 0.15) is 28.4 Å². The Kier molecular flexibility index (Phi) is 29.7. The lowest BCUT2D eigenvalue weighted by atomic mass is 9.87. The number of H-pyrrole nitrogens is 5. The van der Waals surface area contributed by atoms with Crippen LogP contribution in [0.15, 0.2) is 360 Å². The van der Waals surface area contributed by atoms with Gasteiger partial charge in [0.2, 0.25) is 0 Å². The Hall–Kier alpha value is -17.3. The fourth-order valence-electron chi connectivity index (χ4n) is 12.5. The molecular formula is C100H84N16O10. The van der Waals surface area contributed by atoms with Crippen molar-refractivity contribution >= 4 is 58.0 Å². The molecule has 26 nitrogen and oxygen atoms in total. The molecule has 0 spiro atoms. The van der Waals surface area contributed by atoms with Crippen molar-refractivity contribution < 1.29 is 24.0 Å². The van der Waals surface area contributed by atoms with Crippen molar-refractivity contribution in [1.29, 1.82) is 5.26 Å². The second kappa shape index (κ2) is 42.5. The van der Waals surface area contributed by atoms with Crippen LogP contribution in [0.1, 0.15) is 108 Å². The lowest BCUT2D eigenvalue weighted by Crippen LogP contribution is -2.20. The number of anilines is 5. The van der Waals surface area contributed by atoms with E-state index in [1.165, 1.54) is 17.7 Å². The summed E-state index contributed by atoms with van der Waals surface area (Å²) in [7, 11) is 0. The minimum Gasteiger partial charge on any atom is -0.327 e. The van der Waals surface area contributed by atoms with E-state index < -0.39 is 11.5 Å². The van der Waals surface area contributed by atoms with Gasteiger partial charge in [-0.2, -0.15) is 5.26 Å². The van der Waals surface area contributed by atoms with E-state index in [4.69, 9.17) is 5.26 Å². The van der Waals surface area contributed by atoms with Gasteiger partial charge in [-0.25, -0.2) is 0 Å². The molecule has 0 aliphatic rings. The third-order valence-electron chi connectivity index (χ3n) is 19.4. The SMILES string of the molecule is CC(C)(C)c1ccc(C(=O)Nc2cc(-c3ccncc3)c[nH]c2=O)cc1.CCCc1ccc(C(=O)Nc2cc(-c3ccncc3)c[nH]c2=O)cc1.Cc1ccc(C(=O)Nc2cc(-c3ccncc3)c[nH]c2=O)cc1.N#Cc1ccc(C(=O)Nc2cc(-c3ccncc3)c[nH]c2=O)cc1.O=C(Nc1cc(-c2ccncc2)c[nH]c1=O)c1ccc(-c2ccccc2)cc1. The molecule has 16 rings (SSSR count). The van der Waals surface area contributed by atoms with E-state index in [1.54, 1.807) is 196 Å². The van der Waals surface area contributed by atoms with E-state index in [1.807, 2.05) is 140 Å². The maximum Gasteiger partial charge on any atom is 0.271 e. The van der Waals surface area contributed by atoms with Crippen molar-refractivity contribution in [2.24, 2.45) is 0 Å². The van der Waals surface area contributed by atoms with Gasteiger partial charge in [-0.1, -0.05) is 119 Å². The fourth-order valence-corrected chi connectivity index (χ4v) is 12.5. The molecular weight excluding hydrogens is 1590 g/mol. The van der Waals surface area contributed by atoms with Crippen LogP contribution in [-0.2, 0) is 11.8 Å². The number of carbonyl (C=O) groups is 5. The average Bonchev–Trinajstić information content (AvgIpc) is 0.835. The van der Waals surface area contributed by atoms with Gasteiger partial charge in [-0.05, 0) is 233 Å². The Morgan fingerprint density at radius 1 is 0.310 bits per heavy atom. The smallest absolute Gasteiger partial charge is 0.271 e. The van der Waals surface area contributed by atoms with Crippen molar-refractivity contribution in [3.63, 3.8) is 0 Å². The Bertz CT molecular complexity index is 6810. The van der Waals surface area contributed by atoms with Gasteiger partial charge in [0, 0.05) is 149 Å². The molecule has 624 valence electrons. The molecule has 26 heteroatoms. The zero-order valence-corrected chi connectivity index (χ0v) is 68.9. The normalized spacial score (nSPS) is 10.5. The first-order valence-corrected chi connectivity index (χ1v) is 39.7. The second-order valence-corrected chi connectivity index (χ2v) is 29.4. The molecule has 10 heterocycles. The van der Waals surface area contributed by atoms with Gasteiger partial charge in [0.05, 0.1) is 11.6 Å². The predicted molar refractivity (Wildman–Crippen MR) is 491 cm³/mol. The van der Waals surface area contributed by atoms with Crippen molar-refractivity contribution in [2.45, 2.75) is 52.9 Å². The molecule has 6 aromatic carbocycles. The first-order chi connectivity index (χ1) is 61.0. The molecule has 0 aliphatic heterocycles. The lowest BCUT2D eigenvalue weighted by molar-refractivity contribution is 0.101. The standard InChI is InChI=1S/C23H17N3O2.C21H21N3O2.C20H19N3O2.C18H12N4O2.C18H15N3O2/c27-22(19-8-6-17(7-9-19)16-4-2-1-3-5-16)26-21-14-20(15-25-23(21)28)18-10-12-24-13-11-18;1-21(2,3)17-6-4-15(5-7-17)19(25)24-18-12-16(13-23-20(18)26)14-8-10-22-11-9-14;1-2-3-14-4-6-16(7-5-14)19(24)23-18-12-17(13-22-20(18)25)15-8-10-21-11-9-15;19-10-12-1-3-14(4-2-12)17(23)22-16-9-15(11-21-18(16)24)13-5-7-20-8-6-13;1-12-2-4-14(5-3-12)17(22)21-16-10-15(11-20-18(16)23)13-6-8-19-9-7-13/h1-15H,(H,25,28)(H,26,27);4-13H,1-3H3,(H,23,26)(H,24,25);4-13H,2-3H2,1H3,(H,22,25)(H,23,24);1-9,11H,(H,21,24)(H,22,23);2-11H,1H3,(H,20,23)(H,21,22). The maximum absolute atomic E-state index is 12.6. The number of pyridine rings is 10. The summed E-state index contributed by atoms with van der Waals surface area (Å²) in [5, 5.41) is 22.1. The summed E-state index contributed by atoms with van der Waals surface area (Å²) in [6, 6.07) is 73.9. The van der Waals surface area contributed by atoms with Gasteiger partial charge in [-0.15, -0.1) is 0 Å². The highest BCUT2D eigenvalue weighted by Crippen LogP contribution is 2.28. The van der Waals surface area contributed by atoms with Gasteiger partial charge in [-0.3, -0.25) is 72.9 Å². The van der Waals surface area contributed by atoms with Crippen molar-refractivity contribution in [3.05, 3.63) is 437 Å². The van der Waals surface area contributed by atoms with E-state index >= 15 is 0 Å². The number of carbonyl (C=O) groups excluding carboxylic acids is 5. The Balaban J connectivity index is 0.000000143. The Morgan fingerprint density at radius 3 is 0.810 bits per heavy atom. The van der Waals surface area contributed by atoms with Crippen LogP contribution in [0, 0.1) is 18.3 Å². The quantitative estimate of drug-likeness (QED) is 0.0381. The highest BCUT2D eigenvalue weighted by atomic mass is 16.2. The summed E-state index contributed by atoms with van der Waals surface area (Å²) in [6.07, 6.45) is 26.8. The van der Waals surface area contributed by atoms with Crippen LogP contribution in [0.2, 0.25) is 0 Å². The molecule has 10 aromatic heterocycles. The molecule has 0 fully saturated rings. The van der Waals surface area contributed by atoms with Crippen LogP contribution in [0.4, 0.5) is 28.4 Å². The molecule has 0 atom stereocenters. The number of aryl methyl sites for hydroxylation is 2. The molecule has 0 unspecified atom stereocenters. The molecule has 0 radical (unpaired) electrons. The van der Waals surface area contributed by atoms with Crippen molar-refractivity contribution in [2.75, 3.05) is 26.6 Å². The molecule has 10 N–H and O–H groups in total. The van der Waals surface area contributed by atoms with E-state index in [-0.39, 0.29) is 79.7 Å². The monoisotopic (exact) mass is 1670 g/mol. The molecule has 0 aliphatic carbocycles. The predicted octanol–water partition coefficient (Wildman–Crippen LogP) is 17.5. The minimum absolute atomic E-state index is 0.0189.